The first-order valence-corrected chi connectivity index (χ1v) is 6.86. The molecule has 0 radical (unpaired) electrons. The molecule has 1 saturated carbocycles. The molecule has 2 atom stereocenters. The van der Waals surface area contributed by atoms with E-state index in [4.69, 9.17) is 0 Å². The van der Waals surface area contributed by atoms with E-state index >= 15 is 0 Å². The Morgan fingerprint density at radius 1 is 1.36 bits per heavy atom. The molecule has 0 bridgehead atoms. The fourth-order valence-corrected chi connectivity index (χ4v) is 3.88. The van der Waals surface area contributed by atoms with Gasteiger partial charge >= 0.3 is 0 Å². The van der Waals surface area contributed by atoms with Gasteiger partial charge in [0.15, 0.2) is 0 Å². The minimum Gasteiger partial charge on any atom is -0.264 e. The SMILES string of the molecule is BrC1CCCCC1Sc1cccnc1. The molecule has 1 heterocycles. The molecule has 1 aromatic rings. The molecule has 1 aliphatic rings. The molecular formula is C11H14BrNS. The van der Waals surface area contributed by atoms with Crippen molar-refractivity contribution in [2.75, 3.05) is 0 Å². The van der Waals surface area contributed by atoms with Crippen molar-refractivity contribution in [3.8, 4) is 0 Å². The second-order valence-corrected chi connectivity index (χ2v) is 6.13. The van der Waals surface area contributed by atoms with Crippen molar-refractivity contribution in [2.24, 2.45) is 0 Å². The van der Waals surface area contributed by atoms with Crippen molar-refractivity contribution in [3.05, 3.63) is 24.5 Å². The number of rotatable bonds is 2. The quantitative estimate of drug-likeness (QED) is 0.758. The first kappa shape index (κ1) is 10.5. The van der Waals surface area contributed by atoms with E-state index in [0.29, 0.717) is 4.83 Å². The van der Waals surface area contributed by atoms with Crippen LogP contribution in [0.5, 0.6) is 0 Å². The minimum atomic E-state index is 0.682. The Morgan fingerprint density at radius 3 is 2.93 bits per heavy atom. The van der Waals surface area contributed by atoms with Crippen LogP contribution in [-0.2, 0) is 0 Å². The Balaban J connectivity index is 1.96. The second-order valence-electron chi connectivity index (χ2n) is 3.65. The van der Waals surface area contributed by atoms with E-state index in [0.717, 1.165) is 5.25 Å². The van der Waals surface area contributed by atoms with Gasteiger partial charge in [0.2, 0.25) is 0 Å². The number of hydrogen-bond acceptors (Lipinski definition) is 2. The van der Waals surface area contributed by atoms with Crippen LogP contribution in [-0.4, -0.2) is 15.1 Å². The van der Waals surface area contributed by atoms with Crippen LogP contribution in [0.2, 0.25) is 0 Å². The van der Waals surface area contributed by atoms with Crippen molar-refractivity contribution in [2.45, 2.75) is 40.7 Å². The maximum absolute atomic E-state index is 4.14. The standard InChI is InChI=1S/C11H14BrNS/c12-10-5-1-2-6-11(10)14-9-4-3-7-13-8-9/h3-4,7-8,10-11H,1-2,5-6H2. The third kappa shape index (κ3) is 2.74. The highest BCUT2D eigenvalue weighted by Crippen LogP contribution is 2.36. The summed E-state index contributed by atoms with van der Waals surface area (Å²) in [6.45, 7) is 0. The van der Waals surface area contributed by atoms with E-state index in [-0.39, 0.29) is 0 Å². The van der Waals surface area contributed by atoms with Gasteiger partial charge in [-0.2, -0.15) is 0 Å². The van der Waals surface area contributed by atoms with E-state index in [1.54, 1.807) is 0 Å². The normalized spacial score (nSPS) is 27.5. The van der Waals surface area contributed by atoms with Gasteiger partial charge in [0.1, 0.15) is 0 Å². The van der Waals surface area contributed by atoms with E-state index < -0.39 is 0 Å². The molecule has 1 aromatic heterocycles. The number of hydrogen-bond donors (Lipinski definition) is 0. The minimum absolute atomic E-state index is 0.682. The van der Waals surface area contributed by atoms with Gasteiger partial charge in [0, 0.05) is 27.4 Å². The van der Waals surface area contributed by atoms with E-state index in [2.05, 4.69) is 27.0 Å². The summed E-state index contributed by atoms with van der Waals surface area (Å²) >= 11 is 5.73. The molecule has 2 rings (SSSR count). The zero-order valence-electron chi connectivity index (χ0n) is 8.03. The summed E-state index contributed by atoms with van der Waals surface area (Å²) in [5.41, 5.74) is 0. The zero-order valence-corrected chi connectivity index (χ0v) is 10.4. The largest absolute Gasteiger partial charge is 0.264 e. The van der Waals surface area contributed by atoms with Crippen molar-refractivity contribution in [1.82, 2.24) is 4.98 Å². The number of alkyl halides is 1. The number of thioether (sulfide) groups is 1. The molecule has 0 spiro atoms. The molecule has 0 aromatic carbocycles. The smallest absolute Gasteiger partial charge is 0.0403 e. The third-order valence-electron chi connectivity index (χ3n) is 2.54. The maximum Gasteiger partial charge on any atom is 0.0403 e. The van der Waals surface area contributed by atoms with Crippen molar-refractivity contribution in [1.29, 1.82) is 0 Å². The molecule has 0 saturated heterocycles. The van der Waals surface area contributed by atoms with Crippen molar-refractivity contribution < 1.29 is 0 Å². The third-order valence-corrected chi connectivity index (χ3v) is 5.37. The van der Waals surface area contributed by atoms with E-state index in [1.807, 2.05) is 30.2 Å². The van der Waals surface area contributed by atoms with Gasteiger partial charge in [-0.05, 0) is 25.0 Å². The Morgan fingerprint density at radius 2 is 2.21 bits per heavy atom. The molecule has 3 heteroatoms. The number of pyridine rings is 1. The van der Waals surface area contributed by atoms with Crippen LogP contribution in [0.15, 0.2) is 29.4 Å². The van der Waals surface area contributed by atoms with Crippen molar-refractivity contribution >= 4 is 27.7 Å². The van der Waals surface area contributed by atoms with Gasteiger partial charge in [-0.3, -0.25) is 4.98 Å². The van der Waals surface area contributed by atoms with Crippen molar-refractivity contribution in [3.63, 3.8) is 0 Å². The molecule has 1 aliphatic carbocycles. The molecule has 2 unspecified atom stereocenters. The summed E-state index contributed by atoms with van der Waals surface area (Å²) < 4.78 is 0. The molecule has 76 valence electrons. The van der Waals surface area contributed by atoms with Crippen LogP contribution in [0, 0.1) is 0 Å². The molecule has 1 nitrogen and oxygen atoms in total. The Bertz CT molecular complexity index is 278. The lowest BCUT2D eigenvalue weighted by Gasteiger charge is -2.26. The lowest BCUT2D eigenvalue weighted by Crippen LogP contribution is -2.21. The molecule has 0 amide bonds. The molecule has 1 fully saturated rings. The highest BCUT2D eigenvalue weighted by molar-refractivity contribution is 9.09. The van der Waals surface area contributed by atoms with Crippen LogP contribution in [0.25, 0.3) is 0 Å². The van der Waals surface area contributed by atoms with Gasteiger partial charge in [-0.25, -0.2) is 0 Å². The summed E-state index contributed by atoms with van der Waals surface area (Å²) in [4.78, 5) is 6.12. The average Bonchev–Trinajstić information content (AvgIpc) is 2.23. The van der Waals surface area contributed by atoms with E-state index in [1.165, 1.54) is 30.6 Å². The number of halogens is 1. The maximum atomic E-state index is 4.14. The number of aromatic nitrogens is 1. The molecule has 0 aliphatic heterocycles. The number of nitrogens with zero attached hydrogens (tertiary/aromatic N) is 1. The van der Waals surface area contributed by atoms with Gasteiger partial charge in [-0.1, -0.05) is 28.8 Å². The van der Waals surface area contributed by atoms with Crippen LogP contribution in [0.4, 0.5) is 0 Å². The molecule has 14 heavy (non-hydrogen) atoms. The van der Waals surface area contributed by atoms with E-state index in [9.17, 15) is 0 Å². The Labute approximate surface area is 97.8 Å². The highest BCUT2D eigenvalue weighted by atomic mass is 79.9. The Hall–Kier alpha value is -0.0200. The van der Waals surface area contributed by atoms with Crippen LogP contribution < -0.4 is 0 Å². The lowest BCUT2D eigenvalue weighted by molar-refractivity contribution is 0.533. The van der Waals surface area contributed by atoms with Gasteiger partial charge < -0.3 is 0 Å². The summed E-state index contributed by atoms with van der Waals surface area (Å²) in [6.07, 6.45) is 9.18. The molecule has 0 N–H and O–H groups in total. The predicted molar refractivity (Wildman–Crippen MR) is 65.1 cm³/mol. The average molecular weight is 272 g/mol. The van der Waals surface area contributed by atoms with Gasteiger partial charge in [0.25, 0.3) is 0 Å². The Kier molecular flexibility index (Phi) is 3.88. The van der Waals surface area contributed by atoms with Gasteiger partial charge in [-0.15, -0.1) is 11.8 Å². The lowest BCUT2D eigenvalue weighted by atomic mass is 10.0. The fraction of sp³-hybridized carbons (Fsp3) is 0.545. The first-order valence-electron chi connectivity index (χ1n) is 5.07. The molecular weight excluding hydrogens is 258 g/mol. The first-order chi connectivity index (χ1) is 6.86. The van der Waals surface area contributed by atoms with Crippen LogP contribution in [0.3, 0.4) is 0 Å². The summed E-state index contributed by atoms with van der Waals surface area (Å²) in [7, 11) is 0. The highest BCUT2D eigenvalue weighted by Gasteiger charge is 2.23. The topological polar surface area (TPSA) is 12.9 Å². The monoisotopic (exact) mass is 271 g/mol. The summed E-state index contributed by atoms with van der Waals surface area (Å²) in [5.74, 6) is 0. The summed E-state index contributed by atoms with van der Waals surface area (Å²) in [5, 5.41) is 0.730. The van der Waals surface area contributed by atoms with Crippen LogP contribution >= 0.6 is 27.7 Å². The van der Waals surface area contributed by atoms with Gasteiger partial charge in [0.05, 0.1) is 0 Å². The zero-order chi connectivity index (χ0) is 9.80. The van der Waals surface area contributed by atoms with Crippen LogP contribution in [0.1, 0.15) is 25.7 Å². The summed E-state index contributed by atoms with van der Waals surface area (Å²) in [6, 6.07) is 4.15. The second kappa shape index (κ2) is 5.17. The fourth-order valence-electron chi connectivity index (χ4n) is 1.78. The predicted octanol–water partition coefficient (Wildman–Crippen LogP) is 3.88.